The lowest BCUT2D eigenvalue weighted by molar-refractivity contribution is -0.136. The van der Waals surface area contributed by atoms with Gasteiger partial charge in [0.25, 0.3) is 0 Å². The van der Waals surface area contributed by atoms with Crippen molar-refractivity contribution in [3.05, 3.63) is 34.6 Å². The van der Waals surface area contributed by atoms with Crippen LogP contribution in [0.1, 0.15) is 50.5 Å². The van der Waals surface area contributed by atoms with E-state index in [1.165, 1.54) is 31.4 Å². The first-order valence-corrected chi connectivity index (χ1v) is 11.5. The van der Waals surface area contributed by atoms with Gasteiger partial charge >= 0.3 is 0 Å². The molecule has 1 aromatic carbocycles. The minimum absolute atomic E-state index is 0.0331. The van der Waals surface area contributed by atoms with Gasteiger partial charge in [0, 0.05) is 30.2 Å². The van der Waals surface area contributed by atoms with E-state index < -0.39 is 6.04 Å². The zero-order valence-electron chi connectivity index (χ0n) is 17.1. The Labute approximate surface area is 181 Å². The van der Waals surface area contributed by atoms with Gasteiger partial charge in [-0.2, -0.15) is 0 Å². The molecular weight excluding hydrogens is 405 g/mol. The van der Waals surface area contributed by atoms with Gasteiger partial charge in [0.1, 0.15) is 5.82 Å². The van der Waals surface area contributed by atoms with Gasteiger partial charge in [-0.1, -0.05) is 17.7 Å². The number of amides is 2. The first-order valence-electron chi connectivity index (χ1n) is 11.2. The highest BCUT2D eigenvalue weighted by molar-refractivity contribution is 6.31. The van der Waals surface area contributed by atoms with Gasteiger partial charge < -0.3 is 10.6 Å². The Hall–Kier alpha value is -1.66. The van der Waals surface area contributed by atoms with Crippen molar-refractivity contribution < 1.29 is 14.0 Å². The van der Waals surface area contributed by atoms with Crippen molar-refractivity contribution in [1.29, 1.82) is 0 Å². The maximum atomic E-state index is 13.4. The minimum atomic E-state index is -0.534. The summed E-state index contributed by atoms with van der Waals surface area (Å²) < 4.78 is 13.4. The van der Waals surface area contributed by atoms with E-state index in [2.05, 4.69) is 10.6 Å². The summed E-state index contributed by atoms with van der Waals surface area (Å²) in [5, 5.41) is 6.60. The number of benzene rings is 1. The number of nitrogens with zero attached hydrogens (tertiary/aromatic N) is 1. The molecule has 5 aliphatic rings. The number of carbonyl (C=O) groups excluding carboxylic acids is 2. The molecule has 0 aromatic heterocycles. The molecule has 4 bridgehead atoms. The topological polar surface area (TPSA) is 61.4 Å². The zero-order chi connectivity index (χ0) is 20.9. The maximum absolute atomic E-state index is 13.4. The van der Waals surface area contributed by atoms with E-state index in [1.54, 1.807) is 6.07 Å². The molecule has 0 unspecified atom stereocenters. The van der Waals surface area contributed by atoms with Crippen LogP contribution in [0.5, 0.6) is 0 Å². The number of nitrogens with one attached hydrogen (secondary N) is 2. The number of rotatable bonds is 5. The van der Waals surface area contributed by atoms with Crippen LogP contribution >= 0.6 is 11.6 Å². The average molecular weight is 434 g/mol. The third-order valence-corrected chi connectivity index (χ3v) is 8.00. The van der Waals surface area contributed by atoms with Gasteiger partial charge in [0.2, 0.25) is 11.8 Å². The van der Waals surface area contributed by atoms with Crippen LogP contribution in [0.2, 0.25) is 5.02 Å². The Balaban J connectivity index is 1.27. The van der Waals surface area contributed by atoms with Crippen LogP contribution in [0.15, 0.2) is 18.2 Å². The molecule has 162 valence electrons. The fourth-order valence-corrected chi connectivity index (χ4v) is 7.06. The number of hydrogen-bond acceptors (Lipinski definition) is 3. The van der Waals surface area contributed by atoms with Crippen LogP contribution in [0.3, 0.4) is 0 Å². The summed E-state index contributed by atoms with van der Waals surface area (Å²) in [6.07, 6.45) is 7.40. The van der Waals surface area contributed by atoms with Gasteiger partial charge in [0.15, 0.2) is 0 Å². The van der Waals surface area contributed by atoms with Crippen molar-refractivity contribution in [2.75, 3.05) is 13.1 Å². The van der Waals surface area contributed by atoms with Crippen molar-refractivity contribution >= 4 is 23.4 Å². The van der Waals surface area contributed by atoms with Crippen LogP contribution in [-0.4, -0.2) is 41.4 Å². The summed E-state index contributed by atoms with van der Waals surface area (Å²) >= 11 is 6.20. The predicted octanol–water partition coefficient (Wildman–Crippen LogP) is 3.25. The highest BCUT2D eigenvalue weighted by Gasteiger charge is 2.51. The summed E-state index contributed by atoms with van der Waals surface area (Å²) in [6, 6.07) is 3.78. The second kappa shape index (κ2) is 7.79. The Morgan fingerprint density at radius 1 is 1.20 bits per heavy atom. The molecule has 1 aliphatic heterocycles. The molecule has 1 heterocycles. The molecule has 6 rings (SSSR count). The van der Waals surface area contributed by atoms with Gasteiger partial charge in [-0.3, -0.25) is 14.5 Å². The van der Waals surface area contributed by atoms with Gasteiger partial charge in [-0.15, -0.1) is 0 Å². The van der Waals surface area contributed by atoms with Crippen molar-refractivity contribution in [2.45, 2.75) is 63.1 Å². The number of hydrogen-bond donors (Lipinski definition) is 2. The molecule has 30 heavy (non-hydrogen) atoms. The lowest BCUT2D eigenvalue weighted by Gasteiger charge is -2.57. The van der Waals surface area contributed by atoms with E-state index in [9.17, 15) is 14.0 Å². The first-order chi connectivity index (χ1) is 14.4. The van der Waals surface area contributed by atoms with E-state index in [0.29, 0.717) is 24.7 Å². The molecule has 7 heteroatoms. The maximum Gasteiger partial charge on any atom is 0.237 e. The molecule has 0 radical (unpaired) electrons. The Morgan fingerprint density at radius 2 is 1.87 bits per heavy atom. The van der Waals surface area contributed by atoms with E-state index >= 15 is 0 Å². The van der Waals surface area contributed by atoms with Crippen molar-refractivity contribution in [3.63, 3.8) is 0 Å². The quantitative estimate of drug-likeness (QED) is 0.749. The molecule has 5 fully saturated rings. The Kier molecular flexibility index (Phi) is 5.26. The van der Waals surface area contributed by atoms with E-state index in [1.807, 2.05) is 4.90 Å². The summed E-state index contributed by atoms with van der Waals surface area (Å²) in [5.41, 5.74) is 0.710. The van der Waals surface area contributed by atoms with Crippen LogP contribution in [0.25, 0.3) is 0 Å². The monoisotopic (exact) mass is 433 g/mol. The molecule has 2 N–H and O–H groups in total. The van der Waals surface area contributed by atoms with Crippen LogP contribution in [0, 0.1) is 23.6 Å². The average Bonchev–Trinajstić information content (AvgIpc) is 2.65. The lowest BCUT2D eigenvalue weighted by Crippen LogP contribution is -2.61. The second-order valence-corrected chi connectivity index (χ2v) is 10.4. The largest absolute Gasteiger partial charge is 0.353 e. The Bertz CT molecular complexity index is 826. The van der Waals surface area contributed by atoms with Gasteiger partial charge in [-0.25, -0.2) is 4.39 Å². The highest BCUT2D eigenvalue weighted by Crippen LogP contribution is 2.55. The molecule has 0 spiro atoms. The van der Waals surface area contributed by atoms with E-state index in [4.69, 9.17) is 11.6 Å². The highest BCUT2D eigenvalue weighted by atomic mass is 35.5. The van der Waals surface area contributed by atoms with Crippen LogP contribution in [0.4, 0.5) is 4.39 Å². The molecule has 1 aromatic rings. The smallest absolute Gasteiger partial charge is 0.237 e. The standard InChI is InChI=1S/C23H29ClFN3O2/c24-19-8-18(25)2-1-17(19)13-28-4-3-26-22(30)20(28)9-21(29)27-23-10-14-5-15(11-23)7-16(6-14)12-23/h1-2,8,14-16,20H,3-7,9-13H2,(H,26,30)(H,27,29)/t14?,15?,16?,20-,23?/m1/s1. The summed E-state index contributed by atoms with van der Waals surface area (Å²) in [6.45, 7) is 1.58. The molecule has 1 saturated heterocycles. The van der Waals surface area contributed by atoms with E-state index in [-0.39, 0.29) is 29.6 Å². The van der Waals surface area contributed by atoms with Crippen LogP contribution in [-0.2, 0) is 16.1 Å². The van der Waals surface area contributed by atoms with Crippen molar-refractivity contribution in [1.82, 2.24) is 15.5 Å². The fourth-order valence-electron chi connectivity index (χ4n) is 6.83. The summed E-state index contributed by atoms with van der Waals surface area (Å²) in [5.74, 6) is 1.73. The molecule has 4 saturated carbocycles. The minimum Gasteiger partial charge on any atom is -0.353 e. The van der Waals surface area contributed by atoms with E-state index in [0.717, 1.165) is 42.6 Å². The number of piperazine rings is 1. The number of halogens is 2. The molecule has 5 nitrogen and oxygen atoms in total. The van der Waals surface area contributed by atoms with Crippen molar-refractivity contribution in [2.24, 2.45) is 17.8 Å². The molecular formula is C23H29ClFN3O2. The Morgan fingerprint density at radius 3 is 2.50 bits per heavy atom. The zero-order valence-corrected chi connectivity index (χ0v) is 17.9. The third kappa shape index (κ3) is 3.96. The SMILES string of the molecule is O=C(C[C@@H]1C(=O)NCCN1Cc1ccc(F)cc1Cl)NC12CC3CC(CC(C3)C1)C2. The number of carbonyl (C=O) groups is 2. The predicted molar refractivity (Wildman–Crippen MR) is 112 cm³/mol. The van der Waals surface area contributed by atoms with Gasteiger partial charge in [-0.05, 0) is 74.0 Å². The summed E-state index contributed by atoms with van der Waals surface area (Å²) in [7, 11) is 0. The normalized spacial score (nSPS) is 35.3. The lowest BCUT2D eigenvalue weighted by atomic mass is 9.53. The summed E-state index contributed by atoms with van der Waals surface area (Å²) in [4.78, 5) is 27.6. The third-order valence-electron chi connectivity index (χ3n) is 7.65. The van der Waals surface area contributed by atoms with Crippen molar-refractivity contribution in [3.8, 4) is 0 Å². The second-order valence-electron chi connectivity index (χ2n) is 9.96. The van der Waals surface area contributed by atoms with Crippen LogP contribution < -0.4 is 10.6 Å². The molecule has 1 atom stereocenters. The first kappa shape index (κ1) is 20.3. The van der Waals surface area contributed by atoms with Gasteiger partial charge in [0.05, 0.1) is 12.5 Å². The fraction of sp³-hybridized carbons (Fsp3) is 0.652. The molecule has 4 aliphatic carbocycles. The molecule has 2 amide bonds.